The molecule has 0 aliphatic heterocycles. The average Bonchev–Trinajstić information content (AvgIpc) is 2.38. The molecule has 3 heteroatoms. The van der Waals surface area contributed by atoms with E-state index in [4.69, 9.17) is 9.47 Å². The summed E-state index contributed by atoms with van der Waals surface area (Å²) in [6.45, 7) is 2.27. The lowest BCUT2D eigenvalue weighted by atomic mass is 9.90. The van der Waals surface area contributed by atoms with E-state index >= 15 is 0 Å². The van der Waals surface area contributed by atoms with Crippen LogP contribution in [-0.2, 0) is 16.0 Å². The summed E-state index contributed by atoms with van der Waals surface area (Å²) in [6.07, 6.45) is 4.37. The Morgan fingerprint density at radius 2 is 2.17 bits per heavy atom. The number of fused-ring (bicyclic) bond motifs is 1. The molecular formula is C15H18O3. The molecule has 1 aromatic rings. The lowest BCUT2D eigenvalue weighted by molar-refractivity contribution is -0.142. The summed E-state index contributed by atoms with van der Waals surface area (Å²) < 4.78 is 10.2. The summed E-state index contributed by atoms with van der Waals surface area (Å²) in [5.74, 6) is 0.747. The van der Waals surface area contributed by atoms with E-state index in [9.17, 15) is 4.79 Å². The average molecular weight is 246 g/mol. The third kappa shape index (κ3) is 2.92. The SMILES string of the molecule is CCOC(=O)CC1=Cc2ccc(OC)cc2CC1. The zero-order valence-electron chi connectivity index (χ0n) is 10.9. The first kappa shape index (κ1) is 12.7. The Bertz CT molecular complexity index is 475. The van der Waals surface area contributed by atoms with Crippen LogP contribution in [0.5, 0.6) is 5.75 Å². The minimum absolute atomic E-state index is 0.138. The van der Waals surface area contributed by atoms with E-state index in [1.165, 1.54) is 11.1 Å². The van der Waals surface area contributed by atoms with E-state index in [1.807, 2.05) is 19.1 Å². The van der Waals surface area contributed by atoms with Crippen molar-refractivity contribution in [2.75, 3.05) is 13.7 Å². The van der Waals surface area contributed by atoms with Crippen LogP contribution in [0.25, 0.3) is 6.08 Å². The van der Waals surface area contributed by atoms with Gasteiger partial charge in [-0.2, -0.15) is 0 Å². The highest BCUT2D eigenvalue weighted by Crippen LogP contribution is 2.28. The fourth-order valence-corrected chi connectivity index (χ4v) is 2.19. The highest BCUT2D eigenvalue weighted by Gasteiger charge is 2.14. The highest BCUT2D eigenvalue weighted by molar-refractivity contribution is 5.75. The molecule has 18 heavy (non-hydrogen) atoms. The molecule has 0 atom stereocenters. The minimum Gasteiger partial charge on any atom is -0.497 e. The van der Waals surface area contributed by atoms with Crippen molar-refractivity contribution in [2.24, 2.45) is 0 Å². The fourth-order valence-electron chi connectivity index (χ4n) is 2.19. The third-order valence-corrected chi connectivity index (χ3v) is 3.10. The zero-order valence-corrected chi connectivity index (χ0v) is 10.9. The monoisotopic (exact) mass is 246 g/mol. The molecule has 0 fully saturated rings. The summed E-state index contributed by atoms with van der Waals surface area (Å²) in [7, 11) is 1.67. The molecule has 0 unspecified atom stereocenters. The van der Waals surface area contributed by atoms with Crippen LogP contribution in [0.4, 0.5) is 0 Å². The first-order valence-corrected chi connectivity index (χ1v) is 6.25. The van der Waals surface area contributed by atoms with Crippen LogP contribution in [0, 0.1) is 0 Å². The molecule has 0 aromatic heterocycles. The summed E-state index contributed by atoms with van der Waals surface area (Å²) in [5, 5.41) is 0. The standard InChI is InChI=1S/C15H18O3/c1-3-18-15(16)9-11-4-5-13-10-14(17-2)7-6-12(13)8-11/h6-8,10H,3-5,9H2,1-2H3. The van der Waals surface area contributed by atoms with Crippen molar-refractivity contribution in [2.45, 2.75) is 26.2 Å². The molecule has 1 aliphatic carbocycles. The molecule has 1 aromatic carbocycles. The van der Waals surface area contributed by atoms with Crippen molar-refractivity contribution in [1.82, 2.24) is 0 Å². The second-order valence-corrected chi connectivity index (χ2v) is 4.35. The van der Waals surface area contributed by atoms with Crippen LogP contribution in [0.2, 0.25) is 0 Å². The van der Waals surface area contributed by atoms with E-state index < -0.39 is 0 Å². The van der Waals surface area contributed by atoms with Crippen LogP contribution in [0.3, 0.4) is 0 Å². The van der Waals surface area contributed by atoms with Gasteiger partial charge in [0.25, 0.3) is 0 Å². The second kappa shape index (κ2) is 5.71. The molecule has 2 rings (SSSR count). The van der Waals surface area contributed by atoms with Crippen LogP contribution >= 0.6 is 0 Å². The number of hydrogen-bond acceptors (Lipinski definition) is 3. The summed E-state index contributed by atoms with van der Waals surface area (Å²) >= 11 is 0. The Hall–Kier alpha value is -1.77. The van der Waals surface area contributed by atoms with Gasteiger partial charge < -0.3 is 9.47 Å². The number of esters is 1. The second-order valence-electron chi connectivity index (χ2n) is 4.35. The van der Waals surface area contributed by atoms with Crippen LogP contribution < -0.4 is 4.74 Å². The quantitative estimate of drug-likeness (QED) is 0.766. The van der Waals surface area contributed by atoms with Gasteiger partial charge in [0.05, 0.1) is 20.1 Å². The summed E-state index contributed by atoms with van der Waals surface area (Å²) in [6, 6.07) is 6.05. The number of ether oxygens (including phenoxy) is 2. The lowest BCUT2D eigenvalue weighted by Crippen LogP contribution is -2.08. The molecule has 0 bridgehead atoms. The van der Waals surface area contributed by atoms with Gasteiger partial charge in [-0.3, -0.25) is 4.79 Å². The Balaban J connectivity index is 2.12. The van der Waals surface area contributed by atoms with Gasteiger partial charge in [-0.15, -0.1) is 0 Å². The maximum absolute atomic E-state index is 11.4. The van der Waals surface area contributed by atoms with E-state index in [2.05, 4.69) is 12.1 Å². The molecule has 0 spiro atoms. The zero-order chi connectivity index (χ0) is 13.0. The maximum Gasteiger partial charge on any atom is 0.309 e. The van der Waals surface area contributed by atoms with E-state index in [1.54, 1.807) is 7.11 Å². The van der Waals surface area contributed by atoms with Gasteiger partial charge in [0, 0.05) is 0 Å². The summed E-state index contributed by atoms with van der Waals surface area (Å²) in [4.78, 5) is 11.4. The largest absolute Gasteiger partial charge is 0.497 e. The molecule has 3 nitrogen and oxygen atoms in total. The van der Waals surface area contributed by atoms with Crippen molar-refractivity contribution in [3.05, 3.63) is 34.9 Å². The third-order valence-electron chi connectivity index (χ3n) is 3.10. The molecule has 1 aliphatic rings. The van der Waals surface area contributed by atoms with E-state index in [0.29, 0.717) is 13.0 Å². The Morgan fingerprint density at radius 1 is 1.33 bits per heavy atom. The van der Waals surface area contributed by atoms with Gasteiger partial charge in [-0.25, -0.2) is 0 Å². The van der Waals surface area contributed by atoms with Crippen LogP contribution in [0.1, 0.15) is 30.9 Å². The molecular weight excluding hydrogens is 228 g/mol. The van der Waals surface area contributed by atoms with Gasteiger partial charge in [0.2, 0.25) is 0 Å². The normalized spacial score (nSPS) is 13.6. The number of aryl methyl sites for hydroxylation is 1. The Labute approximate surface area is 107 Å². The number of carbonyl (C=O) groups excluding carboxylic acids is 1. The van der Waals surface area contributed by atoms with Crippen molar-refractivity contribution in [3.8, 4) is 5.75 Å². The van der Waals surface area contributed by atoms with Gasteiger partial charge in [-0.05, 0) is 43.0 Å². The van der Waals surface area contributed by atoms with Crippen molar-refractivity contribution < 1.29 is 14.3 Å². The van der Waals surface area contributed by atoms with Crippen LogP contribution in [-0.4, -0.2) is 19.7 Å². The van der Waals surface area contributed by atoms with Gasteiger partial charge in [0.1, 0.15) is 5.75 Å². The predicted octanol–water partition coefficient (Wildman–Crippen LogP) is 2.98. The highest BCUT2D eigenvalue weighted by atomic mass is 16.5. The van der Waals surface area contributed by atoms with Crippen molar-refractivity contribution in [1.29, 1.82) is 0 Å². The van der Waals surface area contributed by atoms with Gasteiger partial charge in [-0.1, -0.05) is 17.7 Å². The predicted molar refractivity (Wildman–Crippen MR) is 70.5 cm³/mol. The van der Waals surface area contributed by atoms with Gasteiger partial charge in [0.15, 0.2) is 0 Å². The molecule has 0 amide bonds. The van der Waals surface area contributed by atoms with Gasteiger partial charge >= 0.3 is 5.97 Å². The molecule has 0 radical (unpaired) electrons. The first-order chi connectivity index (χ1) is 8.72. The number of benzene rings is 1. The Kier molecular flexibility index (Phi) is 4.03. The van der Waals surface area contributed by atoms with E-state index in [0.717, 1.165) is 24.2 Å². The molecule has 0 heterocycles. The molecule has 0 saturated heterocycles. The molecule has 96 valence electrons. The summed E-state index contributed by atoms with van der Waals surface area (Å²) in [5.41, 5.74) is 3.61. The number of rotatable bonds is 4. The lowest BCUT2D eigenvalue weighted by Gasteiger charge is -2.16. The number of methoxy groups -OCH3 is 1. The smallest absolute Gasteiger partial charge is 0.309 e. The van der Waals surface area contributed by atoms with E-state index in [-0.39, 0.29) is 5.97 Å². The first-order valence-electron chi connectivity index (χ1n) is 6.25. The maximum atomic E-state index is 11.4. The fraction of sp³-hybridized carbons (Fsp3) is 0.400. The number of hydrogen-bond donors (Lipinski definition) is 0. The minimum atomic E-state index is -0.138. The molecule has 0 saturated carbocycles. The Morgan fingerprint density at radius 3 is 2.89 bits per heavy atom. The van der Waals surface area contributed by atoms with Crippen LogP contribution in [0.15, 0.2) is 23.8 Å². The van der Waals surface area contributed by atoms with Crippen molar-refractivity contribution >= 4 is 12.0 Å². The topological polar surface area (TPSA) is 35.5 Å². The molecule has 0 N–H and O–H groups in total. The number of carbonyl (C=O) groups is 1. The van der Waals surface area contributed by atoms with Crippen molar-refractivity contribution in [3.63, 3.8) is 0 Å².